The number of ether oxygens (including phenoxy) is 1. The quantitative estimate of drug-likeness (QED) is 0.774. The molecule has 0 aromatic rings. The van der Waals surface area contributed by atoms with Gasteiger partial charge in [0.25, 0.3) is 0 Å². The van der Waals surface area contributed by atoms with Crippen LogP contribution in [0.4, 0.5) is 0 Å². The summed E-state index contributed by atoms with van der Waals surface area (Å²) in [5.41, 5.74) is -0.291. The summed E-state index contributed by atoms with van der Waals surface area (Å²) >= 11 is 0. The van der Waals surface area contributed by atoms with Gasteiger partial charge < -0.3 is 9.84 Å². The lowest BCUT2D eigenvalue weighted by molar-refractivity contribution is -0.0987. The second kappa shape index (κ2) is 5.50. The number of hydrogen-bond acceptors (Lipinski definition) is 2. The summed E-state index contributed by atoms with van der Waals surface area (Å²) in [4.78, 5) is 0. The largest absolute Gasteiger partial charge is 0.389 e. The van der Waals surface area contributed by atoms with E-state index in [1.807, 2.05) is 7.11 Å². The fraction of sp³-hybridized carbons (Fsp3) is 1.00. The first-order valence-corrected chi connectivity index (χ1v) is 7.80. The summed E-state index contributed by atoms with van der Waals surface area (Å²) < 4.78 is 5.65. The first-order valence-electron chi connectivity index (χ1n) is 7.80. The van der Waals surface area contributed by atoms with Gasteiger partial charge in [0.05, 0.1) is 11.7 Å². The standard InChI is InChI=1S/C16H30O2/c1-4-13-12-16(17,11-7-8-14(13)18-3)15(2)9-5-6-10-15/h13-14,17H,4-12H2,1-3H3. The highest BCUT2D eigenvalue weighted by molar-refractivity contribution is 5.01. The molecule has 106 valence electrons. The maximum absolute atomic E-state index is 11.3. The van der Waals surface area contributed by atoms with Gasteiger partial charge in [-0.2, -0.15) is 0 Å². The van der Waals surface area contributed by atoms with Gasteiger partial charge in [0.15, 0.2) is 0 Å². The first kappa shape index (κ1) is 14.3. The van der Waals surface area contributed by atoms with Crippen molar-refractivity contribution < 1.29 is 9.84 Å². The third-order valence-corrected chi connectivity index (χ3v) is 5.86. The van der Waals surface area contributed by atoms with Gasteiger partial charge in [0.1, 0.15) is 0 Å². The molecule has 0 amide bonds. The van der Waals surface area contributed by atoms with Crippen LogP contribution in [-0.2, 0) is 4.74 Å². The zero-order valence-corrected chi connectivity index (χ0v) is 12.4. The predicted molar refractivity (Wildman–Crippen MR) is 74.6 cm³/mol. The molecule has 0 radical (unpaired) electrons. The number of aliphatic hydroxyl groups is 1. The Kier molecular flexibility index (Phi) is 4.38. The molecule has 2 fully saturated rings. The first-order chi connectivity index (χ1) is 8.54. The number of hydrogen-bond donors (Lipinski definition) is 1. The summed E-state index contributed by atoms with van der Waals surface area (Å²) in [6, 6.07) is 0. The van der Waals surface area contributed by atoms with Crippen LogP contribution in [0.3, 0.4) is 0 Å². The molecule has 3 atom stereocenters. The van der Waals surface area contributed by atoms with Crippen molar-refractivity contribution in [2.75, 3.05) is 7.11 Å². The molecule has 0 aromatic carbocycles. The summed E-state index contributed by atoms with van der Waals surface area (Å²) in [7, 11) is 1.83. The Bertz CT molecular complexity index is 270. The molecule has 2 saturated carbocycles. The van der Waals surface area contributed by atoms with Gasteiger partial charge >= 0.3 is 0 Å². The van der Waals surface area contributed by atoms with Crippen LogP contribution < -0.4 is 0 Å². The monoisotopic (exact) mass is 254 g/mol. The molecule has 1 N–H and O–H groups in total. The van der Waals surface area contributed by atoms with E-state index in [1.54, 1.807) is 0 Å². The maximum Gasteiger partial charge on any atom is 0.0704 e. The summed E-state index contributed by atoms with van der Waals surface area (Å²) in [6.07, 6.45) is 10.6. The topological polar surface area (TPSA) is 29.5 Å². The molecule has 18 heavy (non-hydrogen) atoms. The highest BCUT2D eigenvalue weighted by Crippen LogP contribution is 2.52. The van der Waals surface area contributed by atoms with E-state index in [0.717, 1.165) is 32.1 Å². The molecule has 2 nitrogen and oxygen atoms in total. The molecule has 2 rings (SSSR count). The van der Waals surface area contributed by atoms with Crippen LogP contribution in [0, 0.1) is 11.3 Å². The lowest BCUT2D eigenvalue weighted by Gasteiger charge is -2.44. The number of methoxy groups -OCH3 is 1. The van der Waals surface area contributed by atoms with Crippen molar-refractivity contribution in [3.05, 3.63) is 0 Å². The fourth-order valence-corrected chi connectivity index (χ4v) is 4.39. The van der Waals surface area contributed by atoms with Crippen LogP contribution in [0.2, 0.25) is 0 Å². The van der Waals surface area contributed by atoms with Crippen molar-refractivity contribution in [2.24, 2.45) is 11.3 Å². The number of rotatable bonds is 3. The average Bonchev–Trinajstić information content (AvgIpc) is 2.73. The molecular formula is C16H30O2. The molecule has 2 heteroatoms. The predicted octanol–water partition coefficient (Wildman–Crippen LogP) is 3.91. The molecule has 2 aliphatic rings. The molecule has 0 aliphatic heterocycles. The third kappa shape index (κ3) is 2.46. The van der Waals surface area contributed by atoms with Crippen molar-refractivity contribution in [3.63, 3.8) is 0 Å². The van der Waals surface area contributed by atoms with E-state index >= 15 is 0 Å². The van der Waals surface area contributed by atoms with Crippen molar-refractivity contribution in [3.8, 4) is 0 Å². The van der Waals surface area contributed by atoms with Gasteiger partial charge in [-0.05, 0) is 49.9 Å². The Balaban J connectivity index is 2.17. The Hall–Kier alpha value is -0.0800. The highest BCUT2D eigenvalue weighted by Gasteiger charge is 2.50. The second-order valence-corrected chi connectivity index (χ2v) is 6.84. The Morgan fingerprint density at radius 1 is 1.17 bits per heavy atom. The SMILES string of the molecule is CCC1CC(O)(C2(C)CCCC2)CCCC1OC. The maximum atomic E-state index is 11.3. The van der Waals surface area contributed by atoms with E-state index in [-0.39, 0.29) is 5.41 Å². The lowest BCUT2D eigenvalue weighted by Crippen LogP contribution is -2.46. The van der Waals surface area contributed by atoms with Crippen molar-refractivity contribution in [1.82, 2.24) is 0 Å². The van der Waals surface area contributed by atoms with Crippen LogP contribution >= 0.6 is 0 Å². The Morgan fingerprint density at radius 3 is 2.39 bits per heavy atom. The highest BCUT2D eigenvalue weighted by atomic mass is 16.5. The zero-order chi connectivity index (χ0) is 13.2. The van der Waals surface area contributed by atoms with E-state index in [0.29, 0.717) is 12.0 Å². The minimum absolute atomic E-state index is 0.156. The van der Waals surface area contributed by atoms with E-state index < -0.39 is 5.60 Å². The van der Waals surface area contributed by atoms with E-state index in [2.05, 4.69) is 13.8 Å². The normalized spacial score (nSPS) is 40.7. The molecule has 0 bridgehead atoms. The van der Waals surface area contributed by atoms with E-state index in [1.165, 1.54) is 25.7 Å². The molecule has 0 aromatic heterocycles. The molecule has 0 saturated heterocycles. The van der Waals surface area contributed by atoms with Crippen LogP contribution in [-0.4, -0.2) is 23.9 Å². The van der Waals surface area contributed by atoms with E-state index in [9.17, 15) is 5.11 Å². The molecular weight excluding hydrogens is 224 g/mol. The van der Waals surface area contributed by atoms with Crippen molar-refractivity contribution >= 4 is 0 Å². The van der Waals surface area contributed by atoms with Crippen molar-refractivity contribution in [2.45, 2.75) is 83.3 Å². The molecule has 0 heterocycles. The van der Waals surface area contributed by atoms with Gasteiger partial charge in [0, 0.05) is 7.11 Å². The van der Waals surface area contributed by atoms with Crippen LogP contribution in [0.5, 0.6) is 0 Å². The van der Waals surface area contributed by atoms with Gasteiger partial charge in [-0.25, -0.2) is 0 Å². The van der Waals surface area contributed by atoms with E-state index in [4.69, 9.17) is 4.74 Å². The van der Waals surface area contributed by atoms with Gasteiger partial charge in [-0.15, -0.1) is 0 Å². The average molecular weight is 254 g/mol. The second-order valence-electron chi connectivity index (χ2n) is 6.84. The zero-order valence-electron chi connectivity index (χ0n) is 12.4. The van der Waals surface area contributed by atoms with Crippen LogP contribution in [0.15, 0.2) is 0 Å². The minimum atomic E-state index is -0.447. The Morgan fingerprint density at radius 2 is 1.83 bits per heavy atom. The fourth-order valence-electron chi connectivity index (χ4n) is 4.39. The summed E-state index contributed by atoms with van der Waals surface area (Å²) in [5.74, 6) is 0.528. The third-order valence-electron chi connectivity index (χ3n) is 5.86. The minimum Gasteiger partial charge on any atom is -0.389 e. The Labute approximate surface area is 112 Å². The van der Waals surface area contributed by atoms with Crippen molar-refractivity contribution in [1.29, 1.82) is 0 Å². The summed E-state index contributed by atoms with van der Waals surface area (Å²) in [6.45, 7) is 4.55. The molecule has 2 aliphatic carbocycles. The smallest absolute Gasteiger partial charge is 0.0704 e. The van der Waals surface area contributed by atoms with Gasteiger partial charge in [0.2, 0.25) is 0 Å². The van der Waals surface area contributed by atoms with Crippen LogP contribution in [0.25, 0.3) is 0 Å². The van der Waals surface area contributed by atoms with Gasteiger partial charge in [-0.1, -0.05) is 33.1 Å². The molecule has 3 unspecified atom stereocenters. The van der Waals surface area contributed by atoms with Gasteiger partial charge in [-0.3, -0.25) is 0 Å². The lowest BCUT2D eigenvalue weighted by atomic mass is 9.66. The van der Waals surface area contributed by atoms with Crippen LogP contribution in [0.1, 0.15) is 71.6 Å². The summed E-state index contributed by atoms with van der Waals surface area (Å²) in [5, 5.41) is 11.3. The molecule has 0 spiro atoms.